The lowest BCUT2D eigenvalue weighted by atomic mass is 9.50. The molecule has 0 heterocycles. The van der Waals surface area contributed by atoms with Gasteiger partial charge in [0.1, 0.15) is 0 Å². The van der Waals surface area contributed by atoms with Crippen molar-refractivity contribution in [1.29, 1.82) is 0 Å². The predicted molar refractivity (Wildman–Crippen MR) is 85.1 cm³/mol. The van der Waals surface area contributed by atoms with Crippen molar-refractivity contribution in [2.24, 2.45) is 10.8 Å². The monoisotopic (exact) mass is 434 g/mol. The van der Waals surface area contributed by atoms with E-state index >= 15 is 0 Å². The molecule has 0 spiro atoms. The molecule has 3 saturated carbocycles. The van der Waals surface area contributed by atoms with E-state index in [2.05, 4.69) is 0 Å². The van der Waals surface area contributed by atoms with Gasteiger partial charge in [-0.1, -0.05) is 13.0 Å². The van der Waals surface area contributed by atoms with Crippen molar-refractivity contribution in [3.8, 4) is 5.75 Å². The van der Waals surface area contributed by atoms with Crippen LogP contribution in [0.3, 0.4) is 0 Å². The lowest BCUT2D eigenvalue weighted by Gasteiger charge is -2.59. The van der Waals surface area contributed by atoms with Crippen LogP contribution in [0.4, 0.5) is 39.5 Å². The highest BCUT2D eigenvalue weighted by Gasteiger charge is 2.80. The SMILES string of the molecule is CC12CCC(COc3ccc(CCC(F)(F)F)c(F)c3F)(CC1)C(F)(F)C2(F)F. The summed E-state index contributed by atoms with van der Waals surface area (Å²) in [5.41, 5.74) is -4.62. The van der Waals surface area contributed by atoms with E-state index in [1.54, 1.807) is 0 Å². The maximum absolute atomic E-state index is 14.6. The molecule has 0 atom stereocenters. The average Bonchev–Trinajstić information content (AvgIpc) is 2.61. The van der Waals surface area contributed by atoms with E-state index in [1.165, 1.54) is 0 Å². The van der Waals surface area contributed by atoms with E-state index in [0.717, 1.165) is 19.1 Å². The molecule has 0 aromatic heterocycles. The number of aryl methyl sites for hydroxylation is 1. The van der Waals surface area contributed by atoms with Crippen LogP contribution >= 0.6 is 0 Å². The molecule has 2 bridgehead atoms. The first-order valence-electron chi connectivity index (χ1n) is 9.08. The third-order valence-electron chi connectivity index (χ3n) is 6.44. The Morgan fingerprint density at radius 3 is 2.03 bits per heavy atom. The number of fused-ring (bicyclic) bond motifs is 3. The number of benzene rings is 1. The Labute approximate surface area is 161 Å². The Bertz CT molecular complexity index is 777. The summed E-state index contributed by atoms with van der Waals surface area (Å²) in [7, 11) is 0. The molecule has 10 heteroatoms. The van der Waals surface area contributed by atoms with Crippen LogP contribution in [-0.4, -0.2) is 24.6 Å². The van der Waals surface area contributed by atoms with Crippen molar-refractivity contribution in [2.45, 2.75) is 63.5 Å². The van der Waals surface area contributed by atoms with Crippen LogP contribution in [0.1, 0.15) is 44.6 Å². The van der Waals surface area contributed by atoms with Crippen LogP contribution in [0.5, 0.6) is 5.75 Å². The molecule has 3 fully saturated rings. The Kier molecular flexibility index (Phi) is 5.10. The summed E-state index contributed by atoms with van der Waals surface area (Å²) in [5.74, 6) is -12.7. The Hall–Kier alpha value is -1.61. The van der Waals surface area contributed by atoms with Gasteiger partial charge in [0.05, 0.1) is 12.0 Å². The maximum Gasteiger partial charge on any atom is 0.389 e. The molecule has 3 aliphatic rings. The fourth-order valence-corrected chi connectivity index (χ4v) is 4.22. The summed E-state index contributed by atoms with van der Waals surface area (Å²) in [6.07, 6.45) is -7.59. The third-order valence-corrected chi connectivity index (χ3v) is 6.44. The first-order valence-corrected chi connectivity index (χ1v) is 9.08. The van der Waals surface area contributed by atoms with E-state index in [9.17, 15) is 39.5 Å². The lowest BCUT2D eigenvalue weighted by Crippen LogP contribution is -2.70. The van der Waals surface area contributed by atoms with E-state index < -0.39 is 71.2 Å². The van der Waals surface area contributed by atoms with Gasteiger partial charge < -0.3 is 4.74 Å². The van der Waals surface area contributed by atoms with Crippen LogP contribution in [-0.2, 0) is 6.42 Å². The van der Waals surface area contributed by atoms with E-state index in [0.29, 0.717) is 0 Å². The highest BCUT2D eigenvalue weighted by Crippen LogP contribution is 2.70. The molecule has 0 amide bonds. The number of ether oxygens (including phenoxy) is 1. The van der Waals surface area contributed by atoms with Crippen LogP contribution in [0.2, 0.25) is 0 Å². The van der Waals surface area contributed by atoms with Crippen molar-refractivity contribution in [1.82, 2.24) is 0 Å². The van der Waals surface area contributed by atoms with Crippen LogP contribution in [0.25, 0.3) is 0 Å². The van der Waals surface area contributed by atoms with Gasteiger partial charge >= 0.3 is 18.0 Å². The summed E-state index contributed by atoms with van der Waals surface area (Å²) < 4.78 is 128. The van der Waals surface area contributed by atoms with Crippen LogP contribution in [0.15, 0.2) is 12.1 Å². The normalized spacial score (nSPS) is 30.4. The zero-order valence-electron chi connectivity index (χ0n) is 15.4. The fourth-order valence-electron chi connectivity index (χ4n) is 4.22. The number of halogens is 9. The first-order chi connectivity index (χ1) is 13.2. The summed E-state index contributed by atoms with van der Waals surface area (Å²) in [6, 6.07) is 1.69. The summed E-state index contributed by atoms with van der Waals surface area (Å²) in [5, 5.41) is 0. The Morgan fingerprint density at radius 1 is 0.897 bits per heavy atom. The highest BCUT2D eigenvalue weighted by molar-refractivity contribution is 5.31. The molecule has 0 aliphatic heterocycles. The largest absolute Gasteiger partial charge is 0.490 e. The zero-order valence-corrected chi connectivity index (χ0v) is 15.4. The van der Waals surface area contributed by atoms with Gasteiger partial charge in [-0.3, -0.25) is 0 Å². The minimum Gasteiger partial charge on any atom is -0.490 e. The minimum atomic E-state index is -4.56. The standard InChI is InChI=1S/C19H19F9O/c1-15-6-8-16(9-7-15,19(27,28)18(15,25)26)10-29-12-3-2-11(13(20)14(12)21)4-5-17(22,23)24/h2-3H,4-10H2,1H3. The molecule has 0 unspecified atom stereocenters. The molecule has 1 nitrogen and oxygen atoms in total. The quantitative estimate of drug-likeness (QED) is 0.469. The number of hydrogen-bond acceptors (Lipinski definition) is 1. The molecule has 29 heavy (non-hydrogen) atoms. The summed E-state index contributed by atoms with van der Waals surface area (Å²) in [6.45, 7) is 0.156. The Morgan fingerprint density at radius 2 is 1.48 bits per heavy atom. The van der Waals surface area contributed by atoms with Gasteiger partial charge in [-0.25, -0.2) is 4.39 Å². The van der Waals surface area contributed by atoms with E-state index in [4.69, 9.17) is 4.74 Å². The summed E-state index contributed by atoms with van der Waals surface area (Å²) in [4.78, 5) is 0. The number of hydrogen-bond donors (Lipinski definition) is 0. The van der Waals surface area contributed by atoms with Gasteiger partial charge in [0.25, 0.3) is 0 Å². The van der Waals surface area contributed by atoms with Crippen molar-refractivity contribution >= 4 is 0 Å². The second-order valence-electron chi connectivity index (χ2n) is 8.24. The van der Waals surface area contributed by atoms with E-state index in [1.807, 2.05) is 0 Å². The predicted octanol–water partition coefficient (Wildman–Crippen LogP) is 6.69. The molecule has 4 rings (SSSR count). The van der Waals surface area contributed by atoms with E-state index in [-0.39, 0.29) is 25.7 Å². The van der Waals surface area contributed by atoms with Gasteiger partial charge in [0.15, 0.2) is 11.6 Å². The molecular formula is C19H19F9O. The fraction of sp³-hybridized carbons (Fsp3) is 0.684. The van der Waals surface area contributed by atoms with Crippen LogP contribution < -0.4 is 4.74 Å². The topological polar surface area (TPSA) is 9.23 Å². The molecule has 1 aromatic rings. The molecule has 0 saturated heterocycles. The smallest absolute Gasteiger partial charge is 0.389 e. The number of rotatable bonds is 5. The second kappa shape index (κ2) is 6.70. The average molecular weight is 434 g/mol. The highest BCUT2D eigenvalue weighted by atomic mass is 19.4. The van der Waals surface area contributed by atoms with Gasteiger partial charge in [-0.2, -0.15) is 35.1 Å². The third kappa shape index (κ3) is 3.36. The van der Waals surface area contributed by atoms with Crippen molar-refractivity contribution in [3.63, 3.8) is 0 Å². The maximum atomic E-state index is 14.6. The van der Waals surface area contributed by atoms with Crippen molar-refractivity contribution in [2.75, 3.05) is 6.61 Å². The lowest BCUT2D eigenvalue weighted by molar-refractivity contribution is -0.367. The molecule has 164 valence electrons. The molecule has 1 aromatic carbocycles. The molecular weight excluding hydrogens is 415 g/mol. The van der Waals surface area contributed by atoms with Crippen molar-refractivity contribution in [3.05, 3.63) is 29.3 Å². The summed E-state index contributed by atoms with van der Waals surface area (Å²) >= 11 is 0. The van der Waals surface area contributed by atoms with Gasteiger partial charge in [0, 0.05) is 11.8 Å². The number of alkyl halides is 7. The minimum absolute atomic E-state index is 0.161. The molecule has 0 N–H and O–H groups in total. The molecule has 3 aliphatic carbocycles. The second-order valence-corrected chi connectivity index (χ2v) is 8.24. The molecule has 0 radical (unpaired) electrons. The van der Waals surface area contributed by atoms with Gasteiger partial charge in [-0.15, -0.1) is 0 Å². The zero-order chi connectivity index (χ0) is 21.9. The Balaban J connectivity index is 1.79. The van der Waals surface area contributed by atoms with Gasteiger partial charge in [-0.05, 0) is 43.7 Å². The van der Waals surface area contributed by atoms with Crippen LogP contribution in [0, 0.1) is 22.5 Å². The first kappa shape index (κ1) is 22.1. The van der Waals surface area contributed by atoms with Gasteiger partial charge in [0.2, 0.25) is 5.82 Å². The van der Waals surface area contributed by atoms with Crippen molar-refractivity contribution < 1.29 is 44.3 Å².